The number of hydrogen-bond donors (Lipinski definition) is 8. The highest BCUT2D eigenvalue weighted by Gasteiger charge is 2.78. The number of ether oxygens (including phenoxy) is 6. The van der Waals surface area contributed by atoms with Crippen molar-refractivity contribution < 1.29 is 88.1 Å². The van der Waals surface area contributed by atoms with Crippen molar-refractivity contribution in [1.29, 1.82) is 0 Å². The van der Waals surface area contributed by atoms with Crippen LogP contribution in [0.1, 0.15) is 83.3 Å². The van der Waals surface area contributed by atoms with Crippen molar-refractivity contribution in [2.24, 2.45) is 22.7 Å². The quantitative estimate of drug-likeness (QED) is 0.0808. The number of nitrogens with one attached hydrogen (secondary N) is 1. The number of fused-ring (bicyclic) bond motifs is 5. The van der Waals surface area contributed by atoms with Crippen molar-refractivity contribution in [3.63, 3.8) is 0 Å². The van der Waals surface area contributed by atoms with Crippen molar-refractivity contribution >= 4 is 29.6 Å². The molecule has 8 N–H and O–H groups in total. The van der Waals surface area contributed by atoms with E-state index < -0.39 is 150 Å². The Bertz CT molecular complexity index is 2240. The Kier molecular flexibility index (Phi) is 14.0. The van der Waals surface area contributed by atoms with Gasteiger partial charge < -0.3 is 69.5 Å². The lowest BCUT2D eigenvalue weighted by molar-refractivity contribution is -0.366. The van der Waals surface area contributed by atoms with Gasteiger partial charge in [-0.25, -0.2) is 9.59 Å². The molecule has 5 aliphatic rings. The monoisotopic (exact) mass is 939 g/mol. The number of hydrogen-bond acceptors (Lipinski definition) is 18. The van der Waals surface area contributed by atoms with Crippen molar-refractivity contribution in [2.75, 3.05) is 13.2 Å². The van der Waals surface area contributed by atoms with Crippen LogP contribution in [0.25, 0.3) is 0 Å². The Labute approximate surface area is 387 Å². The first-order valence-corrected chi connectivity index (χ1v) is 22.4. The first kappa shape index (κ1) is 50.2. The fourth-order valence-corrected chi connectivity index (χ4v) is 10.9. The van der Waals surface area contributed by atoms with Gasteiger partial charge in [0.2, 0.25) is 5.91 Å². The van der Waals surface area contributed by atoms with Gasteiger partial charge in [0, 0.05) is 25.2 Å². The van der Waals surface area contributed by atoms with Crippen molar-refractivity contribution in [1.82, 2.24) is 5.32 Å². The second-order valence-corrected chi connectivity index (χ2v) is 19.3. The maximum absolute atomic E-state index is 15.7. The van der Waals surface area contributed by atoms with Gasteiger partial charge in [0.25, 0.3) is 0 Å². The third kappa shape index (κ3) is 8.50. The van der Waals surface area contributed by atoms with Gasteiger partial charge in [-0.15, -0.1) is 0 Å². The highest BCUT2D eigenvalue weighted by Crippen LogP contribution is 2.65. The SMILES string of the molecule is CC(=O)O[C@@]12CO[C@@H]1C[C@H](O[C@@H]1OC[C@@H](O)[C@H](O)[C@H]1O)[C@@]1(C)C(=O)[C@H](O)C3=C(C)[C@@H](OC(=O)[C@H](O)[C@@H](NC(=O)C(C)C(C)O)c4ccccc4)C[C@@](O)([C@@H](OC(=O)c4ccccc4)[C@H]21)C3(C)C. The molecule has 366 valence electrons. The van der Waals surface area contributed by atoms with Gasteiger partial charge in [-0.2, -0.15) is 0 Å². The van der Waals surface area contributed by atoms with Crippen molar-refractivity contribution in [3.8, 4) is 0 Å². The standard InChI is InChI=1S/C48H61NO18/c1-22(24(3)50)41(58)49-33(26-14-10-8-11-15-26)36(55)43(60)64-29-19-48(61)40(66-42(59)27-16-12-9-13-17-27)38-46(7,39(57)35(54)32(23(29)2)45(48,5)6)30(18-31-47(38,21-63-31)67-25(4)51)65-44-37(56)34(53)28(52)20-62-44/h8-17,22,24,28-31,33-38,40,44,50,52-56,61H,18-21H2,1-7H3,(H,49,58)/t22?,24?,28-,29+,30+,31-,33+,34+,35-,36-,37-,38+,40+,44+,46-,47+,48-/m1/s1. The van der Waals surface area contributed by atoms with E-state index in [2.05, 4.69) is 5.32 Å². The maximum Gasteiger partial charge on any atom is 0.338 e. The number of esters is 3. The van der Waals surface area contributed by atoms with E-state index in [1.807, 2.05) is 0 Å². The van der Waals surface area contributed by atoms with E-state index >= 15 is 4.79 Å². The third-order valence-corrected chi connectivity index (χ3v) is 15.0. The lowest BCUT2D eigenvalue weighted by atomic mass is 9.44. The predicted octanol–water partition coefficient (Wildman–Crippen LogP) is 0.331. The first-order chi connectivity index (χ1) is 31.4. The fraction of sp³-hybridized carbons (Fsp3) is 0.604. The largest absolute Gasteiger partial charge is 0.456 e. The minimum absolute atomic E-state index is 0.0182. The van der Waals surface area contributed by atoms with Gasteiger partial charge in [-0.05, 0) is 49.6 Å². The summed E-state index contributed by atoms with van der Waals surface area (Å²) in [5, 5.41) is 82.8. The van der Waals surface area contributed by atoms with Crippen molar-refractivity contribution in [3.05, 3.63) is 82.9 Å². The highest BCUT2D eigenvalue weighted by atomic mass is 16.7. The average Bonchev–Trinajstić information content (AvgIpc) is 3.28. The Balaban J connectivity index is 1.38. The molecule has 17 atom stereocenters. The summed E-state index contributed by atoms with van der Waals surface area (Å²) in [5.41, 5.74) is -7.98. The fourth-order valence-electron chi connectivity index (χ4n) is 10.9. The number of carbonyl (C=O) groups is 5. The summed E-state index contributed by atoms with van der Waals surface area (Å²) in [5.74, 6) is -7.41. The van der Waals surface area contributed by atoms with Crippen LogP contribution in [0.2, 0.25) is 0 Å². The minimum Gasteiger partial charge on any atom is -0.456 e. The normalized spacial score (nSPS) is 37.4. The Hall–Kier alpha value is -4.67. The molecule has 2 unspecified atom stereocenters. The molecule has 67 heavy (non-hydrogen) atoms. The van der Waals surface area contributed by atoms with Gasteiger partial charge in [0.15, 0.2) is 23.8 Å². The molecule has 1 amide bonds. The van der Waals surface area contributed by atoms with E-state index in [4.69, 9.17) is 28.4 Å². The summed E-state index contributed by atoms with van der Waals surface area (Å²) in [6, 6.07) is 14.3. The molecular weight excluding hydrogens is 879 g/mol. The summed E-state index contributed by atoms with van der Waals surface area (Å²) in [6.07, 6.45) is -19.0. The van der Waals surface area contributed by atoms with E-state index in [-0.39, 0.29) is 29.7 Å². The summed E-state index contributed by atoms with van der Waals surface area (Å²) in [4.78, 5) is 70.9. The number of rotatable bonds is 12. The molecule has 2 saturated carbocycles. The molecule has 2 heterocycles. The van der Waals surface area contributed by atoms with Crippen LogP contribution in [-0.2, 0) is 47.6 Å². The summed E-state index contributed by atoms with van der Waals surface area (Å²) >= 11 is 0. The second-order valence-electron chi connectivity index (χ2n) is 19.3. The van der Waals surface area contributed by atoms with E-state index in [1.54, 1.807) is 48.5 Å². The molecule has 2 aliphatic heterocycles. The van der Waals surface area contributed by atoms with E-state index in [9.17, 15) is 54.9 Å². The third-order valence-electron chi connectivity index (χ3n) is 15.0. The predicted molar refractivity (Wildman–Crippen MR) is 230 cm³/mol. The first-order valence-electron chi connectivity index (χ1n) is 22.4. The maximum atomic E-state index is 15.7. The molecule has 3 aliphatic carbocycles. The molecule has 0 spiro atoms. The van der Waals surface area contributed by atoms with Crippen LogP contribution in [0.3, 0.4) is 0 Å². The smallest absolute Gasteiger partial charge is 0.338 e. The molecule has 2 aromatic rings. The Morgan fingerprint density at radius 2 is 1.51 bits per heavy atom. The molecule has 19 heteroatoms. The van der Waals surface area contributed by atoms with Gasteiger partial charge in [-0.3, -0.25) is 14.4 Å². The van der Waals surface area contributed by atoms with Crippen LogP contribution in [0.15, 0.2) is 71.8 Å². The summed E-state index contributed by atoms with van der Waals surface area (Å²) in [6.45, 7) is 8.99. The highest BCUT2D eigenvalue weighted by molar-refractivity contribution is 5.94. The molecule has 2 saturated heterocycles. The molecule has 2 aromatic carbocycles. The Morgan fingerprint density at radius 3 is 2.09 bits per heavy atom. The number of aliphatic hydroxyl groups is 7. The van der Waals surface area contributed by atoms with Crippen molar-refractivity contribution in [2.45, 2.75) is 146 Å². The lowest BCUT2D eigenvalue weighted by Crippen LogP contribution is -2.82. The zero-order chi connectivity index (χ0) is 49.1. The van der Waals surface area contributed by atoms with Crippen LogP contribution in [-0.4, -0.2) is 157 Å². The molecule has 7 rings (SSSR count). The Morgan fingerprint density at radius 1 is 0.881 bits per heavy atom. The van der Waals surface area contributed by atoms with E-state index in [1.165, 1.54) is 53.7 Å². The van der Waals surface area contributed by atoms with Crippen LogP contribution < -0.4 is 5.32 Å². The molecule has 19 nitrogen and oxygen atoms in total. The van der Waals surface area contributed by atoms with Crippen LogP contribution >= 0.6 is 0 Å². The number of benzene rings is 2. The molecule has 0 radical (unpaired) electrons. The number of Topliss-reactive ketones (excluding diaryl/α,β-unsaturated/α-hetero) is 1. The second kappa shape index (κ2) is 18.7. The zero-order valence-corrected chi connectivity index (χ0v) is 38.3. The van der Waals surface area contributed by atoms with Crippen LogP contribution in [0, 0.1) is 22.7 Å². The minimum atomic E-state index is -2.48. The number of aliphatic hydroxyl groups excluding tert-OH is 6. The van der Waals surface area contributed by atoms with Gasteiger partial charge >= 0.3 is 17.9 Å². The number of ketones is 1. The van der Waals surface area contributed by atoms with Crippen LogP contribution in [0.4, 0.5) is 0 Å². The molecular formula is C48H61NO18. The molecule has 0 aromatic heterocycles. The van der Waals surface area contributed by atoms with E-state index in [0.717, 1.165) is 6.92 Å². The summed E-state index contributed by atoms with van der Waals surface area (Å²) < 4.78 is 36.6. The topological polar surface area (TPSA) is 294 Å². The lowest BCUT2D eigenvalue weighted by Gasteiger charge is -2.68. The number of carbonyl (C=O) groups excluding carboxylic acids is 5. The average molecular weight is 940 g/mol. The molecule has 2 bridgehead atoms. The van der Waals surface area contributed by atoms with Gasteiger partial charge in [0.05, 0.1) is 54.3 Å². The van der Waals surface area contributed by atoms with Crippen LogP contribution in [0.5, 0.6) is 0 Å². The zero-order valence-electron chi connectivity index (χ0n) is 38.3. The number of amides is 1. The van der Waals surface area contributed by atoms with Gasteiger partial charge in [-0.1, -0.05) is 69.3 Å². The molecule has 4 fully saturated rings. The van der Waals surface area contributed by atoms with E-state index in [0.29, 0.717) is 5.56 Å². The van der Waals surface area contributed by atoms with Gasteiger partial charge in [0.1, 0.15) is 48.3 Å². The summed E-state index contributed by atoms with van der Waals surface area (Å²) in [7, 11) is 0.